The van der Waals surface area contributed by atoms with Crippen molar-refractivity contribution in [3.05, 3.63) is 48.4 Å². The number of para-hydroxylation sites is 1. The Kier molecular flexibility index (Phi) is 6.84. The largest absolute Gasteiger partial charge is 0.459 e. The smallest absolute Gasteiger partial charge is 0.295 e. The van der Waals surface area contributed by atoms with Crippen molar-refractivity contribution >= 4 is 45.0 Å². The summed E-state index contributed by atoms with van der Waals surface area (Å²) in [6.07, 6.45) is 2.40. The number of anilines is 1. The first kappa shape index (κ1) is 19.8. The molecule has 0 aliphatic carbocycles. The van der Waals surface area contributed by atoms with Crippen LogP contribution in [-0.2, 0) is 4.74 Å². The van der Waals surface area contributed by atoms with Gasteiger partial charge in [-0.05, 0) is 30.7 Å². The van der Waals surface area contributed by atoms with Crippen LogP contribution in [-0.4, -0.2) is 55.2 Å². The lowest BCUT2D eigenvalue weighted by Gasteiger charge is -2.27. The average molecular weight is 408 g/mol. The number of halogens is 1. The molecule has 144 valence electrons. The Morgan fingerprint density at radius 1 is 1.19 bits per heavy atom. The van der Waals surface area contributed by atoms with E-state index in [0.717, 1.165) is 54.6 Å². The zero-order valence-electron chi connectivity index (χ0n) is 14.9. The standard InChI is InChI=1S/C19H21N3O3S.ClH/c23-18(16-6-3-12-25-16)22(9-4-8-21-10-13-24-14-11-21)19-20-15-5-1-2-7-17(15)26-19;/h1-3,5-7,12H,4,8-11,13-14H2;1H. The van der Waals surface area contributed by atoms with Gasteiger partial charge in [-0.2, -0.15) is 0 Å². The number of furan rings is 1. The summed E-state index contributed by atoms with van der Waals surface area (Å²) in [4.78, 5) is 21.7. The van der Waals surface area contributed by atoms with Gasteiger partial charge in [0.15, 0.2) is 10.9 Å². The van der Waals surface area contributed by atoms with Crippen LogP contribution >= 0.6 is 23.7 Å². The molecule has 3 aromatic rings. The van der Waals surface area contributed by atoms with E-state index >= 15 is 0 Å². The second-order valence-corrected chi connectivity index (χ2v) is 7.21. The fraction of sp³-hybridized carbons (Fsp3) is 0.368. The Balaban J connectivity index is 0.00000210. The van der Waals surface area contributed by atoms with E-state index < -0.39 is 0 Å². The minimum Gasteiger partial charge on any atom is -0.459 e. The number of rotatable bonds is 6. The molecule has 1 fully saturated rings. The van der Waals surface area contributed by atoms with Crippen LogP contribution < -0.4 is 4.90 Å². The van der Waals surface area contributed by atoms with Crippen LogP contribution in [0.2, 0.25) is 0 Å². The normalized spacial score (nSPS) is 14.8. The summed E-state index contributed by atoms with van der Waals surface area (Å²) in [5.41, 5.74) is 0.915. The van der Waals surface area contributed by atoms with Gasteiger partial charge in [0.25, 0.3) is 5.91 Å². The van der Waals surface area contributed by atoms with E-state index in [1.165, 1.54) is 17.6 Å². The maximum atomic E-state index is 12.9. The van der Waals surface area contributed by atoms with Crippen molar-refractivity contribution < 1.29 is 13.9 Å². The number of carbonyl (C=O) groups excluding carboxylic acids is 1. The average Bonchev–Trinajstić information content (AvgIpc) is 3.35. The highest BCUT2D eigenvalue weighted by molar-refractivity contribution is 7.22. The minimum absolute atomic E-state index is 0. The number of hydrogen-bond donors (Lipinski definition) is 0. The Morgan fingerprint density at radius 2 is 2.00 bits per heavy atom. The van der Waals surface area contributed by atoms with Crippen LogP contribution in [0.3, 0.4) is 0 Å². The van der Waals surface area contributed by atoms with E-state index in [9.17, 15) is 4.79 Å². The predicted octanol–water partition coefficient (Wildman–Crippen LogP) is 3.68. The number of carbonyl (C=O) groups is 1. The number of amides is 1. The fourth-order valence-electron chi connectivity index (χ4n) is 3.07. The van der Waals surface area contributed by atoms with Crippen LogP contribution in [0, 0.1) is 0 Å². The van der Waals surface area contributed by atoms with Gasteiger partial charge < -0.3 is 9.15 Å². The summed E-state index contributed by atoms with van der Waals surface area (Å²) in [6, 6.07) is 11.4. The number of fused-ring (bicyclic) bond motifs is 1. The number of ether oxygens (including phenoxy) is 1. The van der Waals surface area contributed by atoms with Crippen molar-refractivity contribution in [2.45, 2.75) is 6.42 Å². The van der Waals surface area contributed by atoms with Gasteiger partial charge >= 0.3 is 0 Å². The third kappa shape index (κ3) is 4.68. The number of hydrogen-bond acceptors (Lipinski definition) is 6. The number of aromatic nitrogens is 1. The van der Waals surface area contributed by atoms with Gasteiger partial charge in [0, 0.05) is 26.2 Å². The van der Waals surface area contributed by atoms with Crippen molar-refractivity contribution in [1.29, 1.82) is 0 Å². The van der Waals surface area contributed by atoms with Crippen molar-refractivity contribution in [3.8, 4) is 0 Å². The zero-order valence-corrected chi connectivity index (χ0v) is 16.5. The van der Waals surface area contributed by atoms with E-state index in [4.69, 9.17) is 9.15 Å². The third-order valence-electron chi connectivity index (χ3n) is 4.45. The summed E-state index contributed by atoms with van der Waals surface area (Å²) in [7, 11) is 0. The second-order valence-electron chi connectivity index (χ2n) is 6.21. The second kappa shape index (κ2) is 9.32. The third-order valence-corrected chi connectivity index (χ3v) is 5.51. The number of morpholine rings is 1. The highest BCUT2D eigenvalue weighted by Crippen LogP contribution is 2.29. The van der Waals surface area contributed by atoms with E-state index in [1.54, 1.807) is 17.0 Å². The first-order chi connectivity index (χ1) is 12.8. The molecule has 1 saturated heterocycles. The molecule has 0 saturated carbocycles. The first-order valence-electron chi connectivity index (χ1n) is 8.82. The van der Waals surface area contributed by atoms with Crippen LogP contribution in [0.25, 0.3) is 10.2 Å². The van der Waals surface area contributed by atoms with Crippen LogP contribution in [0.15, 0.2) is 47.1 Å². The molecule has 4 rings (SSSR count). The molecule has 1 aliphatic rings. The van der Waals surface area contributed by atoms with Gasteiger partial charge in [-0.1, -0.05) is 23.5 Å². The molecule has 8 heteroatoms. The summed E-state index contributed by atoms with van der Waals surface area (Å²) >= 11 is 1.54. The highest BCUT2D eigenvalue weighted by atomic mass is 35.5. The van der Waals surface area contributed by atoms with E-state index in [-0.39, 0.29) is 18.3 Å². The summed E-state index contributed by atoms with van der Waals surface area (Å²) < 4.78 is 11.8. The Labute approximate surface area is 168 Å². The molecule has 0 bridgehead atoms. The Bertz CT molecular complexity index is 829. The quantitative estimate of drug-likeness (QED) is 0.623. The van der Waals surface area contributed by atoms with Crippen LogP contribution in [0.5, 0.6) is 0 Å². The van der Waals surface area contributed by atoms with Crippen molar-refractivity contribution in [2.75, 3.05) is 44.3 Å². The highest BCUT2D eigenvalue weighted by Gasteiger charge is 2.23. The number of nitrogens with zero attached hydrogens (tertiary/aromatic N) is 3. The first-order valence-corrected chi connectivity index (χ1v) is 9.64. The van der Waals surface area contributed by atoms with Gasteiger partial charge in [-0.15, -0.1) is 12.4 Å². The molecule has 0 radical (unpaired) electrons. The van der Waals surface area contributed by atoms with Crippen LogP contribution in [0.1, 0.15) is 17.0 Å². The summed E-state index contributed by atoms with van der Waals surface area (Å²) in [5.74, 6) is 0.201. The van der Waals surface area contributed by atoms with Gasteiger partial charge in [-0.25, -0.2) is 4.98 Å². The molecule has 0 spiro atoms. The maximum Gasteiger partial charge on any atom is 0.295 e. The Hall–Kier alpha value is -1.93. The maximum absolute atomic E-state index is 12.9. The summed E-state index contributed by atoms with van der Waals surface area (Å²) in [6.45, 7) is 5.02. The number of thiazole rings is 1. The van der Waals surface area contributed by atoms with Crippen LogP contribution in [0.4, 0.5) is 5.13 Å². The molecule has 3 heterocycles. The van der Waals surface area contributed by atoms with E-state index in [1.807, 2.05) is 24.3 Å². The van der Waals surface area contributed by atoms with Gasteiger partial charge in [-0.3, -0.25) is 14.6 Å². The molecule has 1 aliphatic heterocycles. The zero-order chi connectivity index (χ0) is 17.8. The molecule has 1 aromatic carbocycles. The molecular weight excluding hydrogens is 386 g/mol. The minimum atomic E-state index is -0.143. The van der Waals surface area contributed by atoms with Crippen molar-refractivity contribution in [2.24, 2.45) is 0 Å². The Morgan fingerprint density at radius 3 is 2.74 bits per heavy atom. The fourth-order valence-corrected chi connectivity index (χ4v) is 4.06. The molecule has 6 nitrogen and oxygen atoms in total. The molecule has 0 atom stereocenters. The van der Waals surface area contributed by atoms with Gasteiger partial charge in [0.2, 0.25) is 0 Å². The molecule has 1 amide bonds. The van der Waals surface area contributed by atoms with Gasteiger partial charge in [0.05, 0.1) is 29.7 Å². The topological polar surface area (TPSA) is 58.8 Å². The lowest BCUT2D eigenvalue weighted by Crippen LogP contribution is -2.39. The van der Waals surface area contributed by atoms with Gasteiger partial charge in [0.1, 0.15) is 0 Å². The molecular formula is C19H22ClN3O3S. The SMILES string of the molecule is Cl.O=C(c1ccco1)N(CCCN1CCOCC1)c1nc2ccccc2s1. The monoisotopic (exact) mass is 407 g/mol. The van der Waals surface area contributed by atoms with E-state index in [2.05, 4.69) is 9.88 Å². The molecule has 2 aromatic heterocycles. The van der Waals surface area contributed by atoms with Crippen molar-refractivity contribution in [1.82, 2.24) is 9.88 Å². The molecule has 27 heavy (non-hydrogen) atoms. The molecule has 0 unspecified atom stereocenters. The predicted molar refractivity (Wildman–Crippen MR) is 109 cm³/mol. The lowest BCUT2D eigenvalue weighted by molar-refractivity contribution is 0.0376. The van der Waals surface area contributed by atoms with E-state index in [0.29, 0.717) is 12.3 Å². The molecule has 0 N–H and O–H groups in total. The van der Waals surface area contributed by atoms with Crippen molar-refractivity contribution in [3.63, 3.8) is 0 Å². The lowest BCUT2D eigenvalue weighted by atomic mass is 10.3. The number of benzene rings is 1. The summed E-state index contributed by atoms with van der Waals surface area (Å²) in [5, 5.41) is 0.717.